The number of carbonyl (C=O) groups excluding carboxylic acids is 1. The van der Waals surface area contributed by atoms with Gasteiger partial charge < -0.3 is 10.1 Å². The molecule has 0 aliphatic carbocycles. The lowest BCUT2D eigenvalue weighted by molar-refractivity contribution is 0.159. The van der Waals surface area contributed by atoms with Crippen molar-refractivity contribution >= 4 is 11.8 Å². The summed E-state index contributed by atoms with van der Waals surface area (Å²) in [5.41, 5.74) is 6.92. The summed E-state index contributed by atoms with van der Waals surface area (Å²) in [7, 11) is 3.57. The van der Waals surface area contributed by atoms with Crippen LogP contribution in [0, 0.1) is 18.3 Å². The standard InChI is InChI=1S/C35H36N8O2/c1-24-33(28-20-37-41(2)21-28)40-43(29-13-5-4-6-14-29)34(24)39-35(44)38-32-23-42(16-17-45-3)22-31(32)26-12-9-11-25(18-26)30-15-8-7-10-27(30)19-36/h4-15,18,20-21,31-32H,16-17,22-23H2,1-3H3,(H2,38,39,44)/t31-,32+/m0/s1. The quantitative estimate of drug-likeness (QED) is 0.236. The van der Waals surface area contributed by atoms with Crippen molar-refractivity contribution in [2.75, 3.05) is 38.7 Å². The molecule has 2 amide bonds. The number of benzene rings is 3. The number of likely N-dealkylation sites (tertiary alicyclic amines) is 1. The van der Waals surface area contributed by atoms with E-state index in [9.17, 15) is 10.1 Å². The fourth-order valence-electron chi connectivity index (χ4n) is 6.07. The first kappa shape index (κ1) is 29.8. The lowest BCUT2D eigenvalue weighted by Crippen LogP contribution is -2.42. The van der Waals surface area contributed by atoms with Gasteiger partial charge in [0, 0.05) is 57.0 Å². The Morgan fingerprint density at radius 3 is 2.60 bits per heavy atom. The molecule has 6 rings (SSSR count). The molecule has 2 atom stereocenters. The summed E-state index contributed by atoms with van der Waals surface area (Å²) in [6, 6.07) is 27.5. The molecule has 0 radical (unpaired) electrons. The molecular formula is C35H36N8O2. The zero-order valence-corrected chi connectivity index (χ0v) is 25.6. The average Bonchev–Trinajstić information content (AvgIpc) is 3.77. The third-order valence-corrected chi connectivity index (χ3v) is 8.33. The summed E-state index contributed by atoms with van der Waals surface area (Å²) >= 11 is 0. The van der Waals surface area contributed by atoms with Gasteiger partial charge in [0.2, 0.25) is 0 Å². The van der Waals surface area contributed by atoms with Crippen molar-refractivity contribution in [3.8, 4) is 34.1 Å². The van der Waals surface area contributed by atoms with Gasteiger partial charge in [-0.1, -0.05) is 60.7 Å². The van der Waals surface area contributed by atoms with Gasteiger partial charge in [0.05, 0.1) is 36.2 Å². The fraction of sp³-hybridized carbons (Fsp3) is 0.257. The molecule has 3 heterocycles. The van der Waals surface area contributed by atoms with Crippen molar-refractivity contribution in [2.24, 2.45) is 7.05 Å². The molecule has 0 spiro atoms. The molecular weight excluding hydrogens is 564 g/mol. The van der Waals surface area contributed by atoms with Crippen LogP contribution in [0.4, 0.5) is 10.6 Å². The molecule has 10 heteroatoms. The van der Waals surface area contributed by atoms with Gasteiger partial charge in [-0.05, 0) is 41.8 Å². The minimum absolute atomic E-state index is 0.0351. The Bertz CT molecular complexity index is 1840. The molecule has 1 aliphatic rings. The maximum Gasteiger partial charge on any atom is 0.320 e. The molecule has 3 aromatic carbocycles. The Labute approximate surface area is 262 Å². The number of nitrogens with one attached hydrogen (secondary N) is 2. The van der Waals surface area contributed by atoms with Crippen LogP contribution < -0.4 is 10.6 Å². The number of nitrogens with zero attached hydrogens (tertiary/aromatic N) is 6. The molecule has 1 saturated heterocycles. The van der Waals surface area contributed by atoms with Crippen LogP contribution in [-0.4, -0.2) is 69.9 Å². The van der Waals surface area contributed by atoms with Crippen molar-refractivity contribution in [2.45, 2.75) is 18.9 Å². The van der Waals surface area contributed by atoms with Crippen LogP contribution in [0.1, 0.15) is 22.6 Å². The minimum Gasteiger partial charge on any atom is -0.383 e. The molecule has 1 aliphatic heterocycles. The Balaban J connectivity index is 1.29. The van der Waals surface area contributed by atoms with Gasteiger partial charge in [0.25, 0.3) is 0 Å². The highest BCUT2D eigenvalue weighted by atomic mass is 16.5. The van der Waals surface area contributed by atoms with Crippen LogP contribution in [0.25, 0.3) is 28.1 Å². The largest absolute Gasteiger partial charge is 0.383 e. The number of hydrogen-bond acceptors (Lipinski definition) is 6. The Morgan fingerprint density at radius 2 is 1.84 bits per heavy atom. The van der Waals surface area contributed by atoms with Crippen molar-refractivity contribution in [1.82, 2.24) is 29.8 Å². The van der Waals surface area contributed by atoms with Gasteiger partial charge in [-0.3, -0.25) is 14.9 Å². The van der Waals surface area contributed by atoms with Gasteiger partial charge in [-0.2, -0.15) is 15.5 Å². The van der Waals surface area contributed by atoms with E-state index in [1.165, 1.54) is 0 Å². The number of aromatic nitrogens is 4. The zero-order chi connectivity index (χ0) is 31.3. The smallest absolute Gasteiger partial charge is 0.320 e. The van der Waals surface area contributed by atoms with Gasteiger partial charge in [0.15, 0.2) is 0 Å². The predicted octanol–water partition coefficient (Wildman–Crippen LogP) is 5.36. The molecule has 0 unspecified atom stereocenters. The molecule has 1 fully saturated rings. The first-order valence-corrected chi connectivity index (χ1v) is 15.0. The first-order chi connectivity index (χ1) is 21.9. The SMILES string of the molecule is COCCN1C[C@@H](NC(=O)Nc2c(C)c(-c3cnn(C)c3)nn2-c2ccccc2)[C@H](c2cccc(-c3ccccc3C#N)c2)C1. The summed E-state index contributed by atoms with van der Waals surface area (Å²) in [4.78, 5) is 16.1. The van der Waals surface area contributed by atoms with Crippen LogP contribution in [0.2, 0.25) is 0 Å². The van der Waals surface area contributed by atoms with E-state index in [4.69, 9.17) is 9.84 Å². The minimum atomic E-state index is -0.303. The summed E-state index contributed by atoms with van der Waals surface area (Å²) in [6.45, 7) is 4.77. The lowest BCUT2D eigenvalue weighted by Gasteiger charge is -2.22. The second kappa shape index (κ2) is 13.2. The molecule has 2 N–H and O–H groups in total. The molecule has 228 valence electrons. The maximum absolute atomic E-state index is 13.8. The van der Waals surface area contributed by atoms with E-state index in [0.29, 0.717) is 24.5 Å². The Kier molecular flexibility index (Phi) is 8.73. The van der Waals surface area contributed by atoms with Crippen LogP contribution >= 0.6 is 0 Å². The van der Waals surface area contributed by atoms with Crippen molar-refractivity contribution < 1.29 is 9.53 Å². The Morgan fingerprint density at radius 1 is 1.04 bits per heavy atom. The lowest BCUT2D eigenvalue weighted by atomic mass is 9.90. The van der Waals surface area contributed by atoms with E-state index < -0.39 is 0 Å². The number of nitriles is 1. The van der Waals surface area contributed by atoms with Crippen molar-refractivity contribution in [1.29, 1.82) is 5.26 Å². The number of aryl methyl sites for hydroxylation is 1. The highest BCUT2D eigenvalue weighted by Crippen LogP contribution is 2.33. The molecule has 10 nitrogen and oxygen atoms in total. The zero-order valence-electron chi connectivity index (χ0n) is 25.6. The number of carbonyl (C=O) groups is 1. The third kappa shape index (κ3) is 6.36. The number of rotatable bonds is 9. The summed E-state index contributed by atoms with van der Waals surface area (Å²) < 4.78 is 8.87. The predicted molar refractivity (Wildman–Crippen MR) is 174 cm³/mol. The van der Waals surface area contributed by atoms with Crippen LogP contribution in [0.5, 0.6) is 0 Å². The highest BCUT2D eigenvalue weighted by Gasteiger charge is 2.35. The normalized spacial score (nSPS) is 16.4. The number of urea groups is 1. The highest BCUT2D eigenvalue weighted by molar-refractivity contribution is 5.91. The van der Waals surface area contributed by atoms with Crippen LogP contribution in [0.3, 0.4) is 0 Å². The number of ether oxygens (including phenoxy) is 1. The number of amides is 2. The first-order valence-electron chi connectivity index (χ1n) is 15.0. The van der Waals surface area contributed by atoms with E-state index in [0.717, 1.165) is 52.3 Å². The van der Waals surface area contributed by atoms with E-state index in [1.54, 1.807) is 22.7 Å². The molecule has 45 heavy (non-hydrogen) atoms. The maximum atomic E-state index is 13.8. The van der Waals surface area contributed by atoms with Gasteiger partial charge in [-0.25, -0.2) is 9.48 Å². The second-order valence-corrected chi connectivity index (χ2v) is 11.3. The van der Waals surface area contributed by atoms with Crippen LogP contribution in [0.15, 0.2) is 91.3 Å². The van der Waals surface area contributed by atoms with Gasteiger partial charge >= 0.3 is 6.03 Å². The summed E-state index contributed by atoms with van der Waals surface area (Å²) in [6.07, 6.45) is 3.69. The molecule has 5 aromatic rings. The number of hydrogen-bond donors (Lipinski definition) is 2. The second-order valence-electron chi connectivity index (χ2n) is 11.3. The molecule has 0 saturated carbocycles. The number of anilines is 1. The van der Waals surface area contributed by atoms with Gasteiger partial charge in [0.1, 0.15) is 11.5 Å². The van der Waals surface area contributed by atoms with Crippen LogP contribution in [-0.2, 0) is 11.8 Å². The van der Waals surface area contributed by atoms with E-state index in [2.05, 4.69) is 38.8 Å². The van der Waals surface area contributed by atoms with E-state index in [1.807, 2.05) is 86.9 Å². The summed E-state index contributed by atoms with van der Waals surface area (Å²) in [5, 5.41) is 25.3. The third-order valence-electron chi connectivity index (χ3n) is 8.33. The van der Waals surface area contributed by atoms with Crippen molar-refractivity contribution in [3.05, 3.63) is 108 Å². The topological polar surface area (TPSA) is 113 Å². The monoisotopic (exact) mass is 600 g/mol. The summed E-state index contributed by atoms with van der Waals surface area (Å²) in [5.74, 6) is 0.631. The van der Waals surface area contributed by atoms with Gasteiger partial charge in [-0.15, -0.1) is 0 Å². The fourth-order valence-corrected chi connectivity index (χ4v) is 6.07. The van der Waals surface area contributed by atoms with Crippen molar-refractivity contribution in [3.63, 3.8) is 0 Å². The number of methoxy groups -OCH3 is 1. The molecule has 0 bridgehead atoms. The average molecular weight is 601 g/mol. The van der Waals surface area contributed by atoms with E-state index >= 15 is 0 Å². The molecule has 2 aromatic heterocycles. The van der Waals surface area contributed by atoms with E-state index in [-0.39, 0.29) is 18.0 Å². The number of para-hydroxylation sites is 1. The Hall–Kier alpha value is -5.24.